The van der Waals surface area contributed by atoms with Crippen LogP contribution in [0.2, 0.25) is 0 Å². The molecular formula is C11H16N4O. The SMILES string of the molecule is CC[C@@H](N)c1cncn1Cc1cc(C)on1. The van der Waals surface area contributed by atoms with Gasteiger partial charge in [-0.2, -0.15) is 0 Å². The fourth-order valence-electron chi connectivity index (χ4n) is 1.65. The number of nitrogens with zero attached hydrogens (tertiary/aromatic N) is 3. The molecule has 2 N–H and O–H groups in total. The summed E-state index contributed by atoms with van der Waals surface area (Å²) in [5.41, 5.74) is 7.91. The highest BCUT2D eigenvalue weighted by molar-refractivity contribution is 5.09. The average Bonchev–Trinajstić information content (AvgIpc) is 2.87. The van der Waals surface area contributed by atoms with E-state index in [0.717, 1.165) is 23.6 Å². The smallest absolute Gasteiger partial charge is 0.133 e. The van der Waals surface area contributed by atoms with Gasteiger partial charge in [-0.3, -0.25) is 0 Å². The minimum absolute atomic E-state index is 0.0236. The summed E-state index contributed by atoms with van der Waals surface area (Å²) in [6.45, 7) is 4.59. The predicted molar refractivity (Wildman–Crippen MR) is 59.8 cm³/mol. The molecule has 2 aromatic rings. The van der Waals surface area contributed by atoms with E-state index in [2.05, 4.69) is 17.1 Å². The maximum atomic E-state index is 5.99. The van der Waals surface area contributed by atoms with Crippen LogP contribution >= 0.6 is 0 Å². The van der Waals surface area contributed by atoms with Gasteiger partial charge in [0.05, 0.1) is 18.6 Å². The van der Waals surface area contributed by atoms with Crippen molar-refractivity contribution in [3.05, 3.63) is 35.7 Å². The standard InChI is InChI=1S/C11H16N4O/c1-3-10(12)11-5-13-7-15(11)6-9-4-8(2)16-14-9/h4-5,7,10H,3,6,12H2,1-2H3/t10-/m1/s1. The number of aryl methyl sites for hydroxylation is 1. The lowest BCUT2D eigenvalue weighted by atomic mass is 10.2. The minimum atomic E-state index is 0.0236. The summed E-state index contributed by atoms with van der Waals surface area (Å²) in [6.07, 6.45) is 4.47. The van der Waals surface area contributed by atoms with E-state index in [4.69, 9.17) is 10.3 Å². The Morgan fingerprint density at radius 1 is 1.56 bits per heavy atom. The number of nitrogens with two attached hydrogens (primary N) is 1. The zero-order valence-corrected chi connectivity index (χ0v) is 9.55. The Bertz CT molecular complexity index is 460. The summed E-state index contributed by atoms with van der Waals surface area (Å²) in [5, 5.41) is 3.95. The second-order valence-electron chi connectivity index (χ2n) is 3.89. The largest absolute Gasteiger partial charge is 0.361 e. The highest BCUT2D eigenvalue weighted by atomic mass is 16.5. The first-order valence-corrected chi connectivity index (χ1v) is 5.38. The van der Waals surface area contributed by atoms with Gasteiger partial charge in [0, 0.05) is 18.3 Å². The molecule has 0 saturated carbocycles. The maximum absolute atomic E-state index is 5.99. The van der Waals surface area contributed by atoms with Crippen LogP contribution in [-0.4, -0.2) is 14.7 Å². The summed E-state index contributed by atoms with van der Waals surface area (Å²) < 4.78 is 7.03. The molecular weight excluding hydrogens is 204 g/mol. The lowest BCUT2D eigenvalue weighted by molar-refractivity contribution is 0.388. The molecule has 5 nitrogen and oxygen atoms in total. The van der Waals surface area contributed by atoms with Crippen LogP contribution in [0.1, 0.15) is 36.5 Å². The average molecular weight is 220 g/mol. The fourth-order valence-corrected chi connectivity index (χ4v) is 1.65. The van der Waals surface area contributed by atoms with Crippen molar-refractivity contribution >= 4 is 0 Å². The highest BCUT2D eigenvalue weighted by Crippen LogP contribution is 2.14. The van der Waals surface area contributed by atoms with E-state index < -0.39 is 0 Å². The molecule has 5 heteroatoms. The zero-order valence-electron chi connectivity index (χ0n) is 9.55. The molecule has 0 saturated heterocycles. The molecule has 0 aliphatic heterocycles. The summed E-state index contributed by atoms with van der Waals surface area (Å²) >= 11 is 0. The molecule has 0 aliphatic carbocycles. The number of rotatable bonds is 4. The molecule has 0 fully saturated rings. The highest BCUT2D eigenvalue weighted by Gasteiger charge is 2.11. The molecule has 0 aromatic carbocycles. The summed E-state index contributed by atoms with van der Waals surface area (Å²) in [7, 11) is 0. The molecule has 0 spiro atoms. The molecule has 2 aromatic heterocycles. The van der Waals surface area contributed by atoms with E-state index in [1.807, 2.05) is 17.6 Å². The van der Waals surface area contributed by atoms with Gasteiger partial charge in [0.15, 0.2) is 0 Å². The van der Waals surface area contributed by atoms with E-state index in [-0.39, 0.29) is 6.04 Å². The lowest BCUT2D eigenvalue weighted by Crippen LogP contribution is -2.14. The van der Waals surface area contributed by atoms with Gasteiger partial charge in [-0.15, -0.1) is 0 Å². The molecule has 0 radical (unpaired) electrons. The van der Waals surface area contributed by atoms with Gasteiger partial charge in [0.2, 0.25) is 0 Å². The van der Waals surface area contributed by atoms with Crippen molar-refractivity contribution in [1.82, 2.24) is 14.7 Å². The first-order valence-electron chi connectivity index (χ1n) is 5.38. The molecule has 1 atom stereocenters. The van der Waals surface area contributed by atoms with Crippen molar-refractivity contribution in [3.63, 3.8) is 0 Å². The van der Waals surface area contributed by atoms with Crippen molar-refractivity contribution in [3.8, 4) is 0 Å². The maximum Gasteiger partial charge on any atom is 0.133 e. The lowest BCUT2D eigenvalue weighted by Gasteiger charge is -2.11. The van der Waals surface area contributed by atoms with Crippen LogP contribution in [0.5, 0.6) is 0 Å². The number of aromatic nitrogens is 3. The quantitative estimate of drug-likeness (QED) is 0.850. The van der Waals surface area contributed by atoms with Crippen molar-refractivity contribution in [1.29, 1.82) is 0 Å². The normalized spacial score (nSPS) is 12.9. The third-order valence-corrected chi connectivity index (χ3v) is 2.57. The van der Waals surface area contributed by atoms with Gasteiger partial charge in [0.25, 0.3) is 0 Å². The van der Waals surface area contributed by atoms with E-state index in [1.165, 1.54) is 0 Å². The van der Waals surface area contributed by atoms with Crippen molar-refractivity contribution in [2.75, 3.05) is 0 Å². The van der Waals surface area contributed by atoms with Gasteiger partial charge in [-0.05, 0) is 13.3 Å². The van der Waals surface area contributed by atoms with Gasteiger partial charge in [-0.25, -0.2) is 4.98 Å². The van der Waals surface area contributed by atoms with E-state index in [0.29, 0.717) is 6.54 Å². The Labute approximate surface area is 94.3 Å². The third-order valence-electron chi connectivity index (χ3n) is 2.57. The Kier molecular flexibility index (Phi) is 3.05. The van der Waals surface area contributed by atoms with Gasteiger partial charge < -0.3 is 14.8 Å². The third kappa shape index (κ3) is 2.14. The molecule has 0 amide bonds. The van der Waals surface area contributed by atoms with E-state index in [9.17, 15) is 0 Å². The van der Waals surface area contributed by atoms with Crippen LogP contribution in [0.25, 0.3) is 0 Å². The Morgan fingerprint density at radius 2 is 2.38 bits per heavy atom. The first-order chi connectivity index (χ1) is 7.70. The Morgan fingerprint density at radius 3 is 3.00 bits per heavy atom. The molecule has 0 aliphatic rings. The van der Waals surface area contributed by atoms with Gasteiger partial charge in [-0.1, -0.05) is 12.1 Å². The second kappa shape index (κ2) is 4.49. The molecule has 86 valence electrons. The molecule has 0 unspecified atom stereocenters. The van der Waals surface area contributed by atoms with Crippen LogP contribution in [0, 0.1) is 6.92 Å². The summed E-state index contributed by atoms with van der Waals surface area (Å²) in [4.78, 5) is 4.12. The number of hydrogen-bond donors (Lipinski definition) is 1. The van der Waals surface area contributed by atoms with Crippen molar-refractivity contribution in [2.24, 2.45) is 5.73 Å². The van der Waals surface area contributed by atoms with Gasteiger partial charge >= 0.3 is 0 Å². The van der Waals surface area contributed by atoms with Crippen LogP contribution in [0.15, 0.2) is 23.1 Å². The van der Waals surface area contributed by atoms with Crippen molar-refractivity contribution in [2.45, 2.75) is 32.9 Å². The zero-order chi connectivity index (χ0) is 11.5. The Balaban J connectivity index is 2.18. The number of imidazole rings is 1. The first kappa shape index (κ1) is 10.9. The summed E-state index contributed by atoms with van der Waals surface area (Å²) in [5.74, 6) is 0.816. The fraction of sp³-hybridized carbons (Fsp3) is 0.455. The van der Waals surface area contributed by atoms with Crippen LogP contribution in [0.4, 0.5) is 0 Å². The topological polar surface area (TPSA) is 69.9 Å². The van der Waals surface area contributed by atoms with Gasteiger partial charge in [0.1, 0.15) is 11.5 Å². The molecule has 2 heterocycles. The van der Waals surface area contributed by atoms with Crippen LogP contribution in [0.3, 0.4) is 0 Å². The predicted octanol–water partition coefficient (Wildman–Crippen LogP) is 1.64. The van der Waals surface area contributed by atoms with Crippen LogP contribution < -0.4 is 5.73 Å². The molecule has 2 rings (SSSR count). The van der Waals surface area contributed by atoms with E-state index >= 15 is 0 Å². The monoisotopic (exact) mass is 220 g/mol. The molecule has 0 bridgehead atoms. The Hall–Kier alpha value is -1.62. The van der Waals surface area contributed by atoms with E-state index in [1.54, 1.807) is 12.5 Å². The second-order valence-corrected chi connectivity index (χ2v) is 3.89. The van der Waals surface area contributed by atoms with Crippen molar-refractivity contribution < 1.29 is 4.52 Å². The molecule has 16 heavy (non-hydrogen) atoms. The minimum Gasteiger partial charge on any atom is -0.361 e. The van der Waals surface area contributed by atoms with Crippen LogP contribution in [-0.2, 0) is 6.54 Å². The number of hydrogen-bond acceptors (Lipinski definition) is 4. The summed E-state index contributed by atoms with van der Waals surface area (Å²) in [6, 6.07) is 1.94.